The van der Waals surface area contributed by atoms with Crippen LogP contribution in [0, 0.1) is 11.3 Å². The fraction of sp³-hybridized carbons (Fsp3) is 0.926. The van der Waals surface area contributed by atoms with E-state index >= 15 is 0 Å². The Balaban J connectivity index is 2.06. The van der Waals surface area contributed by atoms with Crippen molar-refractivity contribution < 1.29 is 28.2 Å². The standard InChI is InChI=1S/C27H50O6Si/c1-19(20(2)28)16-21-13-14-23-27(33-21,18-31-34(9,10)26(6,7)8)17-22(32-23)12-11-15-30-24(29)25(3,4)5/h19,21-23H,11-18H2,1-10H3/t19-,21?,22+,23+,27-/m1/s1. The first-order chi connectivity index (χ1) is 15.5. The van der Waals surface area contributed by atoms with E-state index in [1.165, 1.54) is 0 Å². The van der Waals surface area contributed by atoms with E-state index in [-0.39, 0.29) is 41.0 Å². The molecule has 0 aliphatic carbocycles. The van der Waals surface area contributed by atoms with Gasteiger partial charge in [-0.1, -0.05) is 27.7 Å². The molecule has 0 amide bonds. The molecule has 0 saturated carbocycles. The molecular formula is C27H50O6Si. The van der Waals surface area contributed by atoms with Crippen LogP contribution in [0.15, 0.2) is 0 Å². The van der Waals surface area contributed by atoms with Crippen LogP contribution < -0.4 is 0 Å². The van der Waals surface area contributed by atoms with E-state index < -0.39 is 19.3 Å². The number of Topliss-reactive ketones (excluding diaryl/α,β-unsaturated/α-hetero) is 1. The quantitative estimate of drug-likeness (QED) is 0.207. The highest BCUT2D eigenvalue weighted by molar-refractivity contribution is 6.74. The van der Waals surface area contributed by atoms with Crippen molar-refractivity contribution in [2.75, 3.05) is 13.2 Å². The highest BCUT2D eigenvalue weighted by Gasteiger charge is 2.54. The van der Waals surface area contributed by atoms with Crippen molar-refractivity contribution in [3.05, 3.63) is 0 Å². The van der Waals surface area contributed by atoms with Gasteiger partial charge in [-0.3, -0.25) is 9.59 Å². The molecule has 198 valence electrons. The Labute approximate surface area is 208 Å². The molecule has 0 aromatic heterocycles. The number of rotatable bonds is 10. The van der Waals surface area contributed by atoms with Crippen molar-refractivity contribution in [3.8, 4) is 0 Å². The van der Waals surface area contributed by atoms with Crippen LogP contribution in [0.5, 0.6) is 0 Å². The van der Waals surface area contributed by atoms with Gasteiger partial charge in [0.25, 0.3) is 0 Å². The molecule has 0 radical (unpaired) electrons. The Morgan fingerprint density at radius 2 is 1.74 bits per heavy atom. The number of hydrogen-bond donors (Lipinski definition) is 0. The fourth-order valence-corrected chi connectivity index (χ4v) is 5.44. The van der Waals surface area contributed by atoms with Gasteiger partial charge in [0.1, 0.15) is 11.4 Å². The van der Waals surface area contributed by atoms with E-state index in [4.69, 9.17) is 18.6 Å². The summed E-state index contributed by atoms with van der Waals surface area (Å²) in [5.74, 6) is 0.0386. The van der Waals surface area contributed by atoms with Gasteiger partial charge in [0.15, 0.2) is 8.32 Å². The number of esters is 1. The first-order valence-electron chi connectivity index (χ1n) is 13.1. The third-order valence-corrected chi connectivity index (χ3v) is 12.5. The average molecular weight is 499 g/mol. The lowest BCUT2D eigenvalue weighted by Crippen LogP contribution is -2.55. The maximum absolute atomic E-state index is 12.0. The van der Waals surface area contributed by atoms with Crippen LogP contribution in [0.3, 0.4) is 0 Å². The van der Waals surface area contributed by atoms with Gasteiger partial charge >= 0.3 is 5.97 Å². The predicted molar refractivity (Wildman–Crippen MR) is 137 cm³/mol. The summed E-state index contributed by atoms with van der Waals surface area (Å²) in [6, 6.07) is 0. The average Bonchev–Trinajstić information content (AvgIpc) is 3.06. The first kappa shape index (κ1) is 29.5. The second-order valence-corrected chi connectivity index (χ2v) is 18.0. The molecule has 34 heavy (non-hydrogen) atoms. The van der Waals surface area contributed by atoms with Crippen LogP contribution in [-0.4, -0.2) is 57.2 Å². The van der Waals surface area contributed by atoms with E-state index in [2.05, 4.69) is 33.9 Å². The zero-order valence-electron chi connectivity index (χ0n) is 23.4. The van der Waals surface area contributed by atoms with Crippen molar-refractivity contribution in [1.29, 1.82) is 0 Å². The zero-order chi connectivity index (χ0) is 25.9. The van der Waals surface area contributed by atoms with E-state index in [0.717, 1.165) is 38.5 Å². The van der Waals surface area contributed by atoms with Crippen LogP contribution in [0.4, 0.5) is 0 Å². The van der Waals surface area contributed by atoms with Crippen molar-refractivity contribution in [1.82, 2.24) is 0 Å². The van der Waals surface area contributed by atoms with E-state index in [1.54, 1.807) is 6.92 Å². The molecule has 2 rings (SSSR count). The summed E-state index contributed by atoms with van der Waals surface area (Å²) in [7, 11) is -1.96. The summed E-state index contributed by atoms with van der Waals surface area (Å²) in [5.41, 5.74) is -0.953. The fourth-order valence-electron chi connectivity index (χ4n) is 4.40. The number of ketones is 1. The summed E-state index contributed by atoms with van der Waals surface area (Å²) in [4.78, 5) is 23.9. The van der Waals surface area contributed by atoms with Gasteiger partial charge in [0.2, 0.25) is 0 Å². The Morgan fingerprint density at radius 1 is 1.09 bits per heavy atom. The SMILES string of the molecule is CC(=O)[C@H](C)CC1CC[C@@H]2O[C@@H](CCCOC(=O)C(C)(C)C)C[C@]2(CO[Si](C)(C)C(C)(C)C)O1. The number of hydrogen-bond acceptors (Lipinski definition) is 6. The molecule has 0 aromatic carbocycles. The third kappa shape index (κ3) is 7.62. The maximum atomic E-state index is 12.0. The minimum Gasteiger partial charge on any atom is -0.465 e. The Hall–Kier alpha value is -0.763. The lowest BCUT2D eigenvalue weighted by atomic mass is 9.84. The van der Waals surface area contributed by atoms with Gasteiger partial charge in [-0.15, -0.1) is 0 Å². The summed E-state index contributed by atoms with van der Waals surface area (Å²) in [6.45, 7) is 21.5. The number of carbonyl (C=O) groups is 2. The van der Waals surface area contributed by atoms with E-state index in [0.29, 0.717) is 13.2 Å². The third-order valence-electron chi connectivity index (χ3n) is 7.98. The second-order valence-electron chi connectivity index (χ2n) is 13.2. The van der Waals surface area contributed by atoms with Crippen molar-refractivity contribution in [3.63, 3.8) is 0 Å². The van der Waals surface area contributed by atoms with Crippen LogP contribution >= 0.6 is 0 Å². The minimum absolute atomic E-state index is 0.00304. The summed E-state index contributed by atoms with van der Waals surface area (Å²) in [5, 5.41) is 0.117. The first-order valence-corrected chi connectivity index (χ1v) is 16.0. The highest BCUT2D eigenvalue weighted by Crippen LogP contribution is 2.46. The van der Waals surface area contributed by atoms with Gasteiger partial charge < -0.3 is 18.6 Å². The number of ether oxygens (including phenoxy) is 3. The van der Waals surface area contributed by atoms with Gasteiger partial charge in [-0.25, -0.2) is 0 Å². The lowest BCUT2D eigenvalue weighted by molar-refractivity contribution is -0.184. The zero-order valence-corrected chi connectivity index (χ0v) is 24.4. The van der Waals surface area contributed by atoms with Crippen molar-refractivity contribution in [2.45, 2.75) is 136 Å². The number of fused-ring (bicyclic) bond motifs is 1. The molecule has 0 N–H and O–H groups in total. The largest absolute Gasteiger partial charge is 0.465 e. The van der Waals surface area contributed by atoms with Crippen LogP contribution in [0.2, 0.25) is 18.1 Å². The highest BCUT2D eigenvalue weighted by atomic mass is 28.4. The summed E-state index contributed by atoms with van der Waals surface area (Å²) < 4.78 is 25.4. The molecule has 0 bridgehead atoms. The molecule has 7 heteroatoms. The molecule has 2 heterocycles. The van der Waals surface area contributed by atoms with Crippen molar-refractivity contribution >= 4 is 20.1 Å². The molecule has 1 unspecified atom stereocenters. The summed E-state index contributed by atoms with van der Waals surface area (Å²) in [6.07, 6.45) is 5.06. The van der Waals surface area contributed by atoms with E-state index in [1.807, 2.05) is 27.7 Å². The second kappa shape index (κ2) is 11.1. The van der Waals surface area contributed by atoms with E-state index in [9.17, 15) is 9.59 Å². The molecule has 5 atom stereocenters. The molecular weight excluding hydrogens is 448 g/mol. The number of carbonyl (C=O) groups excluding carboxylic acids is 2. The van der Waals surface area contributed by atoms with Crippen LogP contribution in [-0.2, 0) is 28.2 Å². The molecule has 0 spiro atoms. The molecule has 2 aliphatic heterocycles. The van der Waals surface area contributed by atoms with Gasteiger partial charge in [-0.05, 0) is 77.9 Å². The summed E-state index contributed by atoms with van der Waals surface area (Å²) >= 11 is 0. The predicted octanol–water partition coefficient (Wildman–Crippen LogP) is 6.07. The van der Waals surface area contributed by atoms with Crippen LogP contribution in [0.1, 0.15) is 93.9 Å². The van der Waals surface area contributed by atoms with Gasteiger partial charge in [-0.2, -0.15) is 0 Å². The van der Waals surface area contributed by atoms with Crippen molar-refractivity contribution in [2.24, 2.45) is 11.3 Å². The molecule has 2 fully saturated rings. The minimum atomic E-state index is -1.96. The topological polar surface area (TPSA) is 71.1 Å². The Bertz CT molecular complexity index is 707. The lowest BCUT2D eigenvalue weighted by Gasteiger charge is -2.45. The smallest absolute Gasteiger partial charge is 0.311 e. The van der Waals surface area contributed by atoms with Gasteiger partial charge in [0, 0.05) is 12.3 Å². The monoisotopic (exact) mass is 498 g/mol. The molecule has 0 aromatic rings. The molecule has 2 aliphatic rings. The Kier molecular flexibility index (Phi) is 9.62. The molecule has 6 nitrogen and oxygen atoms in total. The maximum Gasteiger partial charge on any atom is 0.311 e. The van der Waals surface area contributed by atoms with Gasteiger partial charge in [0.05, 0.1) is 36.9 Å². The van der Waals surface area contributed by atoms with Crippen LogP contribution in [0.25, 0.3) is 0 Å². The Morgan fingerprint density at radius 3 is 2.29 bits per heavy atom. The normalized spacial score (nSPS) is 28.9. The molecule has 2 saturated heterocycles.